The third kappa shape index (κ3) is 9.13. The number of alkyl halides is 3. The van der Waals surface area contributed by atoms with Gasteiger partial charge in [-0.2, -0.15) is 13.2 Å². The third-order valence-corrected chi connectivity index (χ3v) is 8.36. The van der Waals surface area contributed by atoms with Gasteiger partial charge in [-0.1, -0.05) is 72.6 Å². The summed E-state index contributed by atoms with van der Waals surface area (Å²) >= 11 is 13.8. The van der Waals surface area contributed by atoms with Gasteiger partial charge in [0.15, 0.2) is 0 Å². The Balaban J connectivity index is 1.54. The lowest BCUT2D eigenvalue weighted by Crippen LogP contribution is -2.30. The molecule has 3 N–H and O–H groups in total. The Labute approximate surface area is 272 Å². The maximum Gasteiger partial charge on any atom is 0.418 e. The van der Waals surface area contributed by atoms with Crippen molar-refractivity contribution in [3.63, 3.8) is 0 Å². The van der Waals surface area contributed by atoms with Gasteiger partial charge in [0.25, 0.3) is 11.8 Å². The first-order valence-electron chi connectivity index (χ1n) is 13.5. The van der Waals surface area contributed by atoms with Gasteiger partial charge in [0.1, 0.15) is 5.70 Å². The fraction of sp³-hybridized carbons (Fsp3) is 0.121. The van der Waals surface area contributed by atoms with E-state index in [2.05, 4.69) is 16.0 Å². The van der Waals surface area contributed by atoms with E-state index >= 15 is 0 Å². The Morgan fingerprint density at radius 1 is 0.844 bits per heavy atom. The molecule has 12 heteroatoms. The second-order valence-corrected chi connectivity index (χ2v) is 11.6. The molecule has 6 nitrogen and oxygen atoms in total. The number of hydrogen-bond donors (Lipinski definition) is 3. The lowest BCUT2D eigenvalue weighted by Gasteiger charge is -2.18. The molecule has 4 rings (SSSR count). The molecule has 0 aliphatic heterocycles. The highest BCUT2D eigenvalue weighted by Gasteiger charge is 2.34. The average Bonchev–Trinajstić information content (AvgIpc) is 3.01. The van der Waals surface area contributed by atoms with Crippen LogP contribution in [-0.4, -0.2) is 23.0 Å². The van der Waals surface area contributed by atoms with Crippen molar-refractivity contribution >= 4 is 70.1 Å². The van der Waals surface area contributed by atoms with Crippen molar-refractivity contribution in [1.29, 1.82) is 0 Å². The highest BCUT2D eigenvalue weighted by Crippen LogP contribution is 2.36. The molecule has 3 amide bonds. The summed E-state index contributed by atoms with van der Waals surface area (Å²) in [5.74, 6) is -1.81. The minimum Gasteiger partial charge on any atom is -0.325 e. The largest absolute Gasteiger partial charge is 0.418 e. The first kappa shape index (κ1) is 33.6. The topological polar surface area (TPSA) is 87.3 Å². The summed E-state index contributed by atoms with van der Waals surface area (Å²) in [4.78, 5) is 40.0. The zero-order valence-corrected chi connectivity index (χ0v) is 26.0. The van der Waals surface area contributed by atoms with Gasteiger partial charge in [0.2, 0.25) is 5.91 Å². The summed E-state index contributed by atoms with van der Waals surface area (Å²) in [6.45, 7) is 1.74. The Kier molecular flexibility index (Phi) is 11.3. The molecular formula is C33H26Cl2F3N3O3S. The molecule has 4 aromatic rings. The van der Waals surface area contributed by atoms with Gasteiger partial charge < -0.3 is 16.0 Å². The Morgan fingerprint density at radius 3 is 2.16 bits per heavy atom. The number of rotatable bonds is 10. The Hall–Kier alpha value is -4.25. The van der Waals surface area contributed by atoms with Crippen LogP contribution in [0.5, 0.6) is 0 Å². The average molecular weight is 673 g/mol. The molecule has 0 aliphatic carbocycles. The predicted molar refractivity (Wildman–Crippen MR) is 173 cm³/mol. The van der Waals surface area contributed by atoms with E-state index in [9.17, 15) is 27.6 Å². The monoisotopic (exact) mass is 671 g/mol. The lowest BCUT2D eigenvalue weighted by molar-refractivity contribution is -0.137. The molecule has 0 bridgehead atoms. The fourth-order valence-electron chi connectivity index (χ4n) is 4.12. The van der Waals surface area contributed by atoms with Gasteiger partial charge >= 0.3 is 6.18 Å². The standard InChI is InChI=1S/C33H26Cl2F3N3O3S/c1-2-29(32(44)40-27-17-7-6-14-24(27)33(36,37)38)45-22-13-8-12-21(18-22)39-31(43)28(19-23-25(34)15-9-16-26(23)35)41-30(42)20-10-4-3-5-11-20/h3-19,29H,2H2,1H3,(H,39,43)(H,40,44)(H,41,42)/b28-19+. The van der Waals surface area contributed by atoms with E-state index in [0.29, 0.717) is 28.1 Å². The van der Waals surface area contributed by atoms with E-state index in [-0.39, 0.29) is 21.4 Å². The van der Waals surface area contributed by atoms with Crippen LogP contribution in [0.3, 0.4) is 0 Å². The molecule has 4 aromatic carbocycles. The Morgan fingerprint density at radius 2 is 1.49 bits per heavy atom. The highest BCUT2D eigenvalue weighted by atomic mass is 35.5. The number of halogens is 5. The molecule has 232 valence electrons. The fourth-order valence-corrected chi connectivity index (χ4v) is 5.64. The van der Waals surface area contributed by atoms with Crippen molar-refractivity contribution in [2.24, 2.45) is 0 Å². The summed E-state index contributed by atoms with van der Waals surface area (Å²) in [5, 5.41) is 7.55. The summed E-state index contributed by atoms with van der Waals surface area (Å²) in [5.41, 5.74) is -0.414. The van der Waals surface area contributed by atoms with Crippen LogP contribution in [0.4, 0.5) is 24.5 Å². The van der Waals surface area contributed by atoms with Crippen molar-refractivity contribution in [2.75, 3.05) is 10.6 Å². The molecule has 0 heterocycles. The molecule has 1 atom stereocenters. The minimum atomic E-state index is -4.63. The molecule has 45 heavy (non-hydrogen) atoms. The van der Waals surface area contributed by atoms with Gasteiger partial charge in [-0.3, -0.25) is 14.4 Å². The van der Waals surface area contributed by atoms with E-state index in [1.54, 1.807) is 79.7 Å². The van der Waals surface area contributed by atoms with Crippen LogP contribution in [0, 0.1) is 0 Å². The van der Waals surface area contributed by atoms with Crippen molar-refractivity contribution in [3.05, 3.63) is 129 Å². The molecule has 0 radical (unpaired) electrons. The number of carbonyl (C=O) groups excluding carboxylic acids is 3. The second-order valence-electron chi connectivity index (χ2n) is 9.54. The number of benzene rings is 4. The van der Waals surface area contributed by atoms with Crippen molar-refractivity contribution in [3.8, 4) is 0 Å². The molecule has 0 aliphatic rings. The predicted octanol–water partition coefficient (Wildman–Crippen LogP) is 8.93. The van der Waals surface area contributed by atoms with Gasteiger partial charge in [-0.15, -0.1) is 11.8 Å². The van der Waals surface area contributed by atoms with Gasteiger partial charge in [-0.25, -0.2) is 0 Å². The number of thioether (sulfide) groups is 1. The molecule has 0 spiro atoms. The van der Waals surface area contributed by atoms with E-state index < -0.39 is 34.7 Å². The quantitative estimate of drug-likeness (QED) is 0.116. The maximum absolute atomic E-state index is 13.5. The van der Waals surface area contributed by atoms with Crippen molar-refractivity contribution in [2.45, 2.75) is 29.7 Å². The normalized spacial score (nSPS) is 12.3. The highest BCUT2D eigenvalue weighted by molar-refractivity contribution is 8.00. The van der Waals surface area contributed by atoms with E-state index in [0.717, 1.165) is 17.8 Å². The van der Waals surface area contributed by atoms with Crippen LogP contribution in [0.25, 0.3) is 6.08 Å². The summed E-state index contributed by atoms with van der Waals surface area (Å²) in [6, 6.07) is 24.5. The smallest absolute Gasteiger partial charge is 0.325 e. The number of para-hydroxylation sites is 1. The SMILES string of the molecule is CCC(Sc1cccc(NC(=O)/C(=C\c2c(Cl)cccc2Cl)NC(=O)c2ccccc2)c1)C(=O)Nc1ccccc1C(F)(F)F. The number of amides is 3. The maximum atomic E-state index is 13.5. The zero-order chi connectivity index (χ0) is 32.6. The molecule has 1 unspecified atom stereocenters. The van der Waals surface area contributed by atoms with E-state index in [4.69, 9.17) is 23.2 Å². The molecule has 0 saturated heterocycles. The van der Waals surface area contributed by atoms with E-state index in [1.807, 2.05) is 0 Å². The number of anilines is 2. The first-order valence-corrected chi connectivity index (χ1v) is 15.2. The van der Waals surface area contributed by atoms with Gasteiger partial charge in [0.05, 0.1) is 16.5 Å². The Bertz CT molecular complexity index is 1710. The third-order valence-electron chi connectivity index (χ3n) is 6.34. The first-order chi connectivity index (χ1) is 21.5. The number of carbonyl (C=O) groups is 3. The van der Waals surface area contributed by atoms with Crippen LogP contribution in [-0.2, 0) is 15.8 Å². The minimum absolute atomic E-state index is 0.133. The second kappa shape index (κ2) is 15.2. The summed E-state index contributed by atoms with van der Waals surface area (Å²) < 4.78 is 40.3. The number of nitrogens with one attached hydrogen (secondary N) is 3. The van der Waals surface area contributed by atoms with Crippen molar-refractivity contribution in [1.82, 2.24) is 5.32 Å². The molecular weight excluding hydrogens is 646 g/mol. The summed E-state index contributed by atoms with van der Waals surface area (Å²) in [6.07, 6.45) is -2.94. The van der Waals surface area contributed by atoms with Crippen LogP contribution < -0.4 is 16.0 Å². The lowest BCUT2D eigenvalue weighted by atomic mass is 10.1. The van der Waals surface area contributed by atoms with Crippen LogP contribution in [0.15, 0.2) is 108 Å². The van der Waals surface area contributed by atoms with Gasteiger partial charge in [0, 0.05) is 31.8 Å². The molecule has 0 aromatic heterocycles. The van der Waals surface area contributed by atoms with Crippen molar-refractivity contribution < 1.29 is 27.6 Å². The zero-order valence-electron chi connectivity index (χ0n) is 23.6. The molecule has 0 saturated carbocycles. The summed E-state index contributed by atoms with van der Waals surface area (Å²) in [7, 11) is 0. The number of hydrogen-bond acceptors (Lipinski definition) is 4. The van der Waals surface area contributed by atoms with Crippen LogP contribution >= 0.6 is 35.0 Å². The molecule has 0 fully saturated rings. The van der Waals surface area contributed by atoms with Crippen LogP contribution in [0.1, 0.15) is 34.8 Å². The van der Waals surface area contributed by atoms with Crippen LogP contribution in [0.2, 0.25) is 10.0 Å². The van der Waals surface area contributed by atoms with Gasteiger partial charge in [-0.05, 0) is 67.1 Å². The van der Waals surface area contributed by atoms with E-state index in [1.165, 1.54) is 24.3 Å².